The van der Waals surface area contributed by atoms with Gasteiger partial charge in [0, 0.05) is 0 Å². The number of esters is 1. The monoisotopic (exact) mass is 129 g/mol. The molecule has 1 aliphatic heterocycles. The third kappa shape index (κ3) is 1.20. The van der Waals surface area contributed by atoms with Crippen molar-refractivity contribution in [2.75, 3.05) is 13.7 Å². The van der Waals surface area contributed by atoms with Crippen molar-refractivity contribution in [3.8, 4) is 0 Å². The highest BCUT2D eigenvalue weighted by atomic mass is 16.7. The van der Waals surface area contributed by atoms with E-state index in [1.54, 1.807) is 6.08 Å². The SMILES string of the molecule is COC(=O)C1=CCNO1. The number of methoxy groups -OCH3 is 1. The lowest BCUT2D eigenvalue weighted by molar-refractivity contribution is -0.140. The zero-order valence-electron chi connectivity index (χ0n) is 5.01. The maximum atomic E-state index is 10.6. The average molecular weight is 129 g/mol. The Morgan fingerprint density at radius 1 is 2.00 bits per heavy atom. The molecule has 0 saturated heterocycles. The van der Waals surface area contributed by atoms with Gasteiger partial charge >= 0.3 is 5.97 Å². The number of nitrogens with one attached hydrogen (secondary N) is 1. The molecule has 1 heterocycles. The number of hydrogen-bond donors (Lipinski definition) is 1. The van der Waals surface area contributed by atoms with Gasteiger partial charge in [-0.15, -0.1) is 0 Å². The van der Waals surface area contributed by atoms with Crippen LogP contribution in [0.25, 0.3) is 0 Å². The predicted molar refractivity (Wildman–Crippen MR) is 29.2 cm³/mol. The molecule has 1 aliphatic rings. The third-order valence-electron chi connectivity index (χ3n) is 0.939. The first-order chi connectivity index (χ1) is 4.34. The van der Waals surface area contributed by atoms with Gasteiger partial charge in [0.1, 0.15) is 0 Å². The molecule has 0 saturated carbocycles. The van der Waals surface area contributed by atoms with E-state index < -0.39 is 5.97 Å². The van der Waals surface area contributed by atoms with Gasteiger partial charge in [0.15, 0.2) is 0 Å². The van der Waals surface area contributed by atoms with E-state index in [9.17, 15) is 4.79 Å². The topological polar surface area (TPSA) is 47.6 Å². The predicted octanol–water partition coefficient (Wildman–Crippen LogP) is -0.422. The summed E-state index contributed by atoms with van der Waals surface area (Å²) in [6.07, 6.45) is 1.62. The Hall–Kier alpha value is -1.03. The van der Waals surface area contributed by atoms with E-state index in [0.29, 0.717) is 6.54 Å². The van der Waals surface area contributed by atoms with Crippen LogP contribution in [-0.2, 0) is 14.4 Å². The molecular formula is C5H7NO3. The smallest absolute Gasteiger partial charge is 0.375 e. The number of ether oxygens (including phenoxy) is 1. The number of hydroxylamine groups is 1. The minimum Gasteiger partial charge on any atom is -0.463 e. The lowest BCUT2D eigenvalue weighted by Crippen LogP contribution is -2.10. The molecule has 1 N–H and O–H groups in total. The Labute approximate surface area is 52.4 Å². The Balaban J connectivity index is 2.51. The second kappa shape index (κ2) is 2.50. The maximum absolute atomic E-state index is 10.6. The van der Waals surface area contributed by atoms with Crippen molar-refractivity contribution in [2.45, 2.75) is 0 Å². The van der Waals surface area contributed by atoms with Crippen molar-refractivity contribution in [1.29, 1.82) is 0 Å². The lowest BCUT2D eigenvalue weighted by Gasteiger charge is -1.97. The van der Waals surface area contributed by atoms with Crippen LogP contribution >= 0.6 is 0 Å². The average Bonchev–Trinajstić information content (AvgIpc) is 2.37. The van der Waals surface area contributed by atoms with Crippen LogP contribution in [0.15, 0.2) is 11.8 Å². The largest absolute Gasteiger partial charge is 0.463 e. The quantitative estimate of drug-likeness (QED) is 0.488. The molecule has 0 fully saturated rings. The van der Waals surface area contributed by atoms with E-state index in [-0.39, 0.29) is 5.76 Å². The standard InChI is InChI=1S/C5H7NO3/c1-8-5(7)4-2-3-6-9-4/h2,6H,3H2,1H3. The van der Waals surface area contributed by atoms with Gasteiger partial charge in [-0.2, -0.15) is 5.48 Å². The van der Waals surface area contributed by atoms with Gasteiger partial charge in [0.05, 0.1) is 13.7 Å². The number of carbonyl (C=O) groups excluding carboxylic acids is 1. The van der Waals surface area contributed by atoms with E-state index in [2.05, 4.69) is 15.1 Å². The number of rotatable bonds is 1. The fourth-order valence-electron chi connectivity index (χ4n) is 0.521. The summed E-state index contributed by atoms with van der Waals surface area (Å²) >= 11 is 0. The molecule has 0 bridgehead atoms. The third-order valence-corrected chi connectivity index (χ3v) is 0.939. The minimum absolute atomic E-state index is 0.234. The maximum Gasteiger partial charge on any atom is 0.375 e. The van der Waals surface area contributed by atoms with Gasteiger partial charge in [-0.1, -0.05) is 0 Å². The van der Waals surface area contributed by atoms with Crippen LogP contribution in [0.4, 0.5) is 0 Å². The molecule has 0 amide bonds. The van der Waals surface area contributed by atoms with Gasteiger partial charge in [-0.05, 0) is 6.08 Å². The summed E-state index contributed by atoms with van der Waals surface area (Å²) in [5.74, 6) is -0.211. The molecule has 50 valence electrons. The fraction of sp³-hybridized carbons (Fsp3) is 0.400. The van der Waals surface area contributed by atoms with E-state index in [1.165, 1.54) is 7.11 Å². The summed E-state index contributed by atoms with van der Waals surface area (Å²) in [7, 11) is 1.31. The summed E-state index contributed by atoms with van der Waals surface area (Å²) in [6.45, 7) is 0.560. The Morgan fingerprint density at radius 3 is 3.22 bits per heavy atom. The van der Waals surface area contributed by atoms with Crippen molar-refractivity contribution in [3.63, 3.8) is 0 Å². The minimum atomic E-state index is -0.444. The van der Waals surface area contributed by atoms with E-state index in [0.717, 1.165) is 0 Å². The van der Waals surface area contributed by atoms with Crippen molar-refractivity contribution in [2.24, 2.45) is 0 Å². The summed E-state index contributed by atoms with van der Waals surface area (Å²) in [5.41, 5.74) is 2.49. The van der Waals surface area contributed by atoms with Gasteiger partial charge in [0.25, 0.3) is 0 Å². The second-order valence-electron chi connectivity index (χ2n) is 1.51. The summed E-state index contributed by atoms with van der Waals surface area (Å²) in [5, 5.41) is 0. The van der Waals surface area contributed by atoms with Crippen LogP contribution in [0.1, 0.15) is 0 Å². The Kier molecular flexibility index (Phi) is 1.69. The van der Waals surface area contributed by atoms with E-state index >= 15 is 0 Å². The van der Waals surface area contributed by atoms with Crippen LogP contribution < -0.4 is 5.48 Å². The van der Waals surface area contributed by atoms with E-state index in [4.69, 9.17) is 0 Å². The molecule has 0 aromatic heterocycles. The normalized spacial score (nSPS) is 16.3. The van der Waals surface area contributed by atoms with Crippen LogP contribution in [0.2, 0.25) is 0 Å². The van der Waals surface area contributed by atoms with E-state index in [1.807, 2.05) is 0 Å². The van der Waals surface area contributed by atoms with Crippen molar-refractivity contribution < 1.29 is 14.4 Å². The molecule has 0 aliphatic carbocycles. The van der Waals surface area contributed by atoms with Crippen molar-refractivity contribution >= 4 is 5.97 Å². The molecule has 0 radical (unpaired) electrons. The molecule has 9 heavy (non-hydrogen) atoms. The molecule has 4 heteroatoms. The molecular weight excluding hydrogens is 122 g/mol. The lowest BCUT2D eigenvalue weighted by atomic mass is 10.5. The van der Waals surface area contributed by atoms with Crippen LogP contribution in [0.5, 0.6) is 0 Å². The van der Waals surface area contributed by atoms with Crippen molar-refractivity contribution in [3.05, 3.63) is 11.8 Å². The zero-order valence-corrected chi connectivity index (χ0v) is 5.01. The molecule has 1 rings (SSSR count). The van der Waals surface area contributed by atoms with Gasteiger partial charge < -0.3 is 9.57 Å². The Morgan fingerprint density at radius 2 is 2.78 bits per heavy atom. The number of hydrogen-bond acceptors (Lipinski definition) is 4. The fourth-order valence-corrected chi connectivity index (χ4v) is 0.521. The van der Waals surface area contributed by atoms with Gasteiger partial charge in [0.2, 0.25) is 5.76 Å². The summed E-state index contributed by atoms with van der Waals surface area (Å²) in [6, 6.07) is 0. The van der Waals surface area contributed by atoms with Gasteiger partial charge in [-0.3, -0.25) is 0 Å². The number of carbonyl (C=O) groups is 1. The molecule has 0 aromatic rings. The molecule has 0 atom stereocenters. The summed E-state index contributed by atoms with van der Waals surface area (Å²) < 4.78 is 4.36. The summed E-state index contributed by atoms with van der Waals surface area (Å²) in [4.78, 5) is 15.2. The first kappa shape index (κ1) is 6.10. The second-order valence-corrected chi connectivity index (χ2v) is 1.51. The first-order valence-electron chi connectivity index (χ1n) is 2.53. The first-order valence-corrected chi connectivity index (χ1v) is 2.53. The zero-order chi connectivity index (χ0) is 6.69. The highest BCUT2D eigenvalue weighted by Gasteiger charge is 2.14. The van der Waals surface area contributed by atoms with Crippen molar-refractivity contribution in [1.82, 2.24) is 5.48 Å². The van der Waals surface area contributed by atoms with Crippen LogP contribution in [0.3, 0.4) is 0 Å². The van der Waals surface area contributed by atoms with Crippen LogP contribution in [-0.4, -0.2) is 19.6 Å². The van der Waals surface area contributed by atoms with Crippen LogP contribution in [0, 0.1) is 0 Å². The highest BCUT2D eigenvalue weighted by Crippen LogP contribution is 2.01. The molecule has 4 nitrogen and oxygen atoms in total. The molecule has 0 aromatic carbocycles. The Bertz CT molecular complexity index is 152. The molecule has 0 unspecified atom stereocenters. The molecule has 0 spiro atoms. The van der Waals surface area contributed by atoms with Gasteiger partial charge in [-0.25, -0.2) is 4.79 Å². The highest BCUT2D eigenvalue weighted by molar-refractivity contribution is 5.86.